The number of hydrogen-bond acceptors (Lipinski definition) is 6. The van der Waals surface area contributed by atoms with Crippen molar-refractivity contribution in [2.45, 2.75) is 16.2 Å². The fraction of sp³-hybridized carbons (Fsp3) is 0.333. The van der Waals surface area contributed by atoms with E-state index in [1.807, 2.05) is 24.4 Å². The Bertz CT molecular complexity index is 664. The molecule has 0 spiro atoms. The molecule has 0 saturated carbocycles. The number of aromatic nitrogens is 1. The van der Waals surface area contributed by atoms with E-state index in [9.17, 15) is 4.79 Å². The third-order valence-electron chi connectivity index (χ3n) is 2.78. The average Bonchev–Trinajstić information content (AvgIpc) is 2.92. The van der Waals surface area contributed by atoms with E-state index in [1.54, 1.807) is 24.5 Å². The highest BCUT2D eigenvalue weighted by molar-refractivity contribution is 8.01. The number of amides is 1. The maximum Gasteiger partial charge on any atom is 0.238 e. The first-order valence-electron chi connectivity index (χ1n) is 6.97. The first kappa shape index (κ1) is 18.2. The fourth-order valence-electron chi connectivity index (χ4n) is 1.72. The molecular formula is C15H18ClN3O2S2. The van der Waals surface area contributed by atoms with Crippen LogP contribution in [-0.2, 0) is 9.53 Å². The van der Waals surface area contributed by atoms with Crippen molar-refractivity contribution in [2.75, 3.05) is 32.1 Å². The number of methoxy groups -OCH3 is 1. The predicted molar refractivity (Wildman–Crippen MR) is 95.8 cm³/mol. The van der Waals surface area contributed by atoms with E-state index in [2.05, 4.69) is 15.6 Å². The van der Waals surface area contributed by atoms with Crippen LogP contribution in [0.25, 0.3) is 0 Å². The van der Waals surface area contributed by atoms with Crippen LogP contribution in [0.2, 0.25) is 5.02 Å². The van der Waals surface area contributed by atoms with Crippen molar-refractivity contribution in [1.82, 2.24) is 10.3 Å². The minimum atomic E-state index is -0.117. The first-order chi connectivity index (χ1) is 11.1. The molecule has 0 unspecified atom stereocenters. The van der Waals surface area contributed by atoms with Crippen LogP contribution in [0.1, 0.15) is 5.69 Å². The Morgan fingerprint density at radius 1 is 1.48 bits per heavy atom. The third-order valence-corrected chi connectivity index (χ3v) is 5.34. The Hall–Kier alpha value is -1.12. The summed E-state index contributed by atoms with van der Waals surface area (Å²) in [5, 5.41) is 8.38. The highest BCUT2D eigenvalue weighted by atomic mass is 35.5. The van der Waals surface area contributed by atoms with E-state index in [1.165, 1.54) is 11.8 Å². The van der Waals surface area contributed by atoms with Gasteiger partial charge in [0.1, 0.15) is 0 Å². The number of nitrogens with zero attached hydrogens (tertiary/aromatic N) is 1. The summed E-state index contributed by atoms with van der Waals surface area (Å²) in [5.41, 5.74) is 1.67. The Morgan fingerprint density at radius 3 is 2.96 bits per heavy atom. The SMILES string of the molecule is COCCNCC(=O)Nc1ccc(Sc2nc(C)cs2)c(Cl)c1. The van der Waals surface area contributed by atoms with Crippen molar-refractivity contribution in [3.63, 3.8) is 0 Å². The van der Waals surface area contributed by atoms with Crippen LogP contribution in [0, 0.1) is 6.92 Å². The highest BCUT2D eigenvalue weighted by Crippen LogP contribution is 2.36. The molecule has 124 valence electrons. The maximum absolute atomic E-state index is 11.8. The zero-order valence-corrected chi connectivity index (χ0v) is 15.3. The maximum atomic E-state index is 11.8. The predicted octanol–water partition coefficient (Wildman–Crippen LogP) is 3.43. The van der Waals surface area contributed by atoms with Crippen molar-refractivity contribution in [3.8, 4) is 0 Å². The summed E-state index contributed by atoms with van der Waals surface area (Å²) in [6, 6.07) is 5.47. The summed E-state index contributed by atoms with van der Waals surface area (Å²) in [5.74, 6) is -0.117. The number of thiazole rings is 1. The van der Waals surface area contributed by atoms with Crippen LogP contribution in [0.4, 0.5) is 5.69 Å². The number of hydrogen-bond donors (Lipinski definition) is 2. The van der Waals surface area contributed by atoms with Gasteiger partial charge in [0.25, 0.3) is 0 Å². The second-order valence-corrected chi connectivity index (χ2v) is 7.27. The smallest absolute Gasteiger partial charge is 0.238 e. The molecule has 0 fully saturated rings. The second kappa shape index (κ2) is 9.24. The van der Waals surface area contributed by atoms with Gasteiger partial charge in [-0.3, -0.25) is 4.79 Å². The van der Waals surface area contributed by atoms with Gasteiger partial charge in [0.05, 0.1) is 18.2 Å². The topological polar surface area (TPSA) is 63.2 Å². The molecule has 0 aliphatic heterocycles. The zero-order valence-electron chi connectivity index (χ0n) is 12.9. The molecule has 0 saturated heterocycles. The van der Waals surface area contributed by atoms with Gasteiger partial charge in [0, 0.05) is 35.3 Å². The largest absolute Gasteiger partial charge is 0.383 e. The van der Waals surface area contributed by atoms with Crippen LogP contribution in [-0.4, -0.2) is 37.7 Å². The monoisotopic (exact) mass is 371 g/mol. The van der Waals surface area contributed by atoms with Crippen LogP contribution >= 0.6 is 34.7 Å². The van der Waals surface area contributed by atoms with E-state index in [0.717, 1.165) is 14.9 Å². The van der Waals surface area contributed by atoms with Crippen LogP contribution in [0.5, 0.6) is 0 Å². The Kier molecular flexibility index (Phi) is 7.32. The average molecular weight is 372 g/mol. The lowest BCUT2D eigenvalue weighted by Gasteiger charge is -2.08. The molecule has 0 bridgehead atoms. The normalized spacial score (nSPS) is 10.7. The lowest BCUT2D eigenvalue weighted by Crippen LogP contribution is -2.30. The van der Waals surface area contributed by atoms with E-state index >= 15 is 0 Å². The zero-order chi connectivity index (χ0) is 16.7. The van der Waals surface area contributed by atoms with Gasteiger partial charge in [0.2, 0.25) is 5.91 Å². The molecule has 2 N–H and O–H groups in total. The van der Waals surface area contributed by atoms with Gasteiger partial charge in [-0.15, -0.1) is 11.3 Å². The summed E-state index contributed by atoms with van der Waals surface area (Å²) in [6.45, 7) is 3.39. The molecule has 8 heteroatoms. The van der Waals surface area contributed by atoms with E-state index in [-0.39, 0.29) is 12.5 Å². The summed E-state index contributed by atoms with van der Waals surface area (Å²) < 4.78 is 5.85. The van der Waals surface area contributed by atoms with Crippen molar-refractivity contribution in [1.29, 1.82) is 0 Å². The summed E-state index contributed by atoms with van der Waals surface area (Å²) >= 11 is 9.39. The van der Waals surface area contributed by atoms with E-state index < -0.39 is 0 Å². The van der Waals surface area contributed by atoms with Gasteiger partial charge in [-0.05, 0) is 25.1 Å². The van der Waals surface area contributed by atoms with Crippen molar-refractivity contribution in [2.24, 2.45) is 0 Å². The first-order valence-corrected chi connectivity index (χ1v) is 9.05. The van der Waals surface area contributed by atoms with Gasteiger partial charge in [-0.25, -0.2) is 4.98 Å². The molecule has 1 amide bonds. The quantitative estimate of drug-likeness (QED) is 0.696. The Labute approximate surface area is 148 Å². The molecule has 23 heavy (non-hydrogen) atoms. The number of ether oxygens (including phenoxy) is 1. The molecule has 2 aromatic rings. The molecule has 2 rings (SSSR count). The standard InChI is InChI=1S/C15H18ClN3O2S2/c1-10-9-22-15(18-10)23-13-4-3-11(7-12(13)16)19-14(20)8-17-5-6-21-2/h3-4,7,9,17H,5-6,8H2,1-2H3,(H,19,20). The summed E-state index contributed by atoms with van der Waals surface area (Å²) in [7, 11) is 1.62. The molecule has 0 aliphatic carbocycles. The lowest BCUT2D eigenvalue weighted by molar-refractivity contribution is -0.115. The number of nitrogens with one attached hydrogen (secondary N) is 2. The van der Waals surface area contributed by atoms with Crippen molar-refractivity contribution in [3.05, 3.63) is 34.3 Å². The van der Waals surface area contributed by atoms with Gasteiger partial charge in [-0.1, -0.05) is 23.4 Å². The molecule has 0 aliphatic rings. The van der Waals surface area contributed by atoms with Gasteiger partial charge in [-0.2, -0.15) is 0 Å². The summed E-state index contributed by atoms with van der Waals surface area (Å²) in [6.07, 6.45) is 0. The molecule has 0 atom stereocenters. The molecular weight excluding hydrogens is 354 g/mol. The van der Waals surface area contributed by atoms with Crippen molar-refractivity contribution < 1.29 is 9.53 Å². The fourth-order valence-corrected chi connectivity index (χ4v) is 3.81. The van der Waals surface area contributed by atoms with Gasteiger partial charge < -0.3 is 15.4 Å². The molecule has 1 aromatic heterocycles. The third kappa shape index (κ3) is 6.12. The van der Waals surface area contributed by atoms with Crippen molar-refractivity contribution >= 4 is 46.3 Å². The van der Waals surface area contributed by atoms with Crippen LogP contribution in [0.3, 0.4) is 0 Å². The van der Waals surface area contributed by atoms with Crippen LogP contribution in [0.15, 0.2) is 32.8 Å². The number of carbonyl (C=O) groups excluding carboxylic acids is 1. The lowest BCUT2D eigenvalue weighted by atomic mass is 10.3. The van der Waals surface area contributed by atoms with Gasteiger partial charge >= 0.3 is 0 Å². The van der Waals surface area contributed by atoms with Crippen LogP contribution < -0.4 is 10.6 Å². The number of aryl methyl sites for hydroxylation is 1. The number of halogens is 1. The molecule has 1 aromatic carbocycles. The number of rotatable bonds is 8. The molecule has 1 heterocycles. The minimum Gasteiger partial charge on any atom is -0.383 e. The number of carbonyl (C=O) groups is 1. The molecule has 5 nitrogen and oxygen atoms in total. The Balaban J connectivity index is 1.89. The van der Waals surface area contributed by atoms with E-state index in [0.29, 0.717) is 23.9 Å². The summed E-state index contributed by atoms with van der Waals surface area (Å²) in [4.78, 5) is 17.1. The molecule has 0 radical (unpaired) electrons. The number of benzene rings is 1. The van der Waals surface area contributed by atoms with Gasteiger partial charge in [0.15, 0.2) is 4.34 Å². The van der Waals surface area contributed by atoms with E-state index in [4.69, 9.17) is 16.3 Å². The highest BCUT2D eigenvalue weighted by Gasteiger charge is 2.08. The second-order valence-electron chi connectivity index (χ2n) is 4.72. The minimum absolute atomic E-state index is 0.117. The Morgan fingerprint density at radius 2 is 2.30 bits per heavy atom. The number of anilines is 1.